The van der Waals surface area contributed by atoms with Gasteiger partial charge in [0.1, 0.15) is 11.5 Å². The van der Waals surface area contributed by atoms with E-state index in [1.165, 1.54) is 17.1 Å². The molecule has 4 aromatic rings. The van der Waals surface area contributed by atoms with E-state index < -0.39 is 0 Å². The van der Waals surface area contributed by atoms with Crippen LogP contribution in [-0.2, 0) is 6.54 Å². The van der Waals surface area contributed by atoms with E-state index in [2.05, 4.69) is 39.1 Å². The molecule has 0 atom stereocenters. The summed E-state index contributed by atoms with van der Waals surface area (Å²) in [5, 5.41) is 14.3. The van der Waals surface area contributed by atoms with Crippen molar-refractivity contribution < 1.29 is 4.74 Å². The molecule has 0 saturated carbocycles. The molecule has 1 aromatic carbocycles. The number of nitrogens with one attached hydrogen (secondary N) is 3. The average molecular weight is 514 g/mol. The van der Waals surface area contributed by atoms with Crippen molar-refractivity contribution >= 4 is 34.6 Å². The number of allylic oxidation sites excluding steroid dienone is 1. The van der Waals surface area contributed by atoms with Gasteiger partial charge in [0.2, 0.25) is 11.8 Å². The third kappa shape index (κ3) is 5.00. The fourth-order valence-corrected chi connectivity index (χ4v) is 4.59. The zero-order valence-electron chi connectivity index (χ0n) is 21.5. The fraction of sp³-hybridized carbons (Fsp3) is 0.296. The predicted octanol–water partition coefficient (Wildman–Crippen LogP) is 3.42. The van der Waals surface area contributed by atoms with Crippen LogP contribution in [0.3, 0.4) is 0 Å². The molecule has 196 valence electrons. The molecule has 0 aliphatic carbocycles. The molecule has 0 unspecified atom stereocenters. The fourth-order valence-electron chi connectivity index (χ4n) is 4.59. The molecule has 0 amide bonds. The Morgan fingerprint density at radius 2 is 2.03 bits per heavy atom. The number of likely N-dealkylation sites (tertiary alicyclic amines) is 1. The van der Waals surface area contributed by atoms with Crippen LogP contribution in [0.15, 0.2) is 60.0 Å². The highest BCUT2D eigenvalue weighted by molar-refractivity contribution is 5.88. The number of ether oxygens (including phenoxy) is 1. The van der Waals surface area contributed by atoms with Crippen molar-refractivity contribution in [2.24, 2.45) is 0 Å². The standard InChI is InChI=1S/C27H31N9O2/c1-4-12-35-26(37)21-17-30-27(31-19-8-9-22(29-2)18(15-19)16-28)33-25(21)36(35)23-6-5-7-24(32-23)38-20-10-13-34(3)14-11-20/h4-9,15-17,20,28-29H,1,10-14H2,2-3H3,(H,30,31,33). The highest BCUT2D eigenvalue weighted by Crippen LogP contribution is 2.23. The van der Waals surface area contributed by atoms with Crippen LogP contribution in [0.25, 0.3) is 16.9 Å². The molecule has 0 radical (unpaired) electrons. The van der Waals surface area contributed by atoms with Crippen molar-refractivity contribution in [1.29, 1.82) is 5.41 Å². The monoisotopic (exact) mass is 513 g/mol. The molecule has 3 aromatic heterocycles. The topological polar surface area (TPSA) is 126 Å². The molecule has 0 spiro atoms. The molecule has 4 heterocycles. The lowest BCUT2D eigenvalue weighted by Gasteiger charge is -2.29. The summed E-state index contributed by atoms with van der Waals surface area (Å²) < 4.78 is 9.42. The second kappa shape index (κ2) is 10.9. The number of benzene rings is 1. The number of rotatable bonds is 9. The van der Waals surface area contributed by atoms with Gasteiger partial charge in [0, 0.05) is 55.6 Å². The Balaban J connectivity index is 1.53. The van der Waals surface area contributed by atoms with Crippen LogP contribution >= 0.6 is 0 Å². The Hall–Kier alpha value is -4.51. The third-order valence-corrected chi connectivity index (χ3v) is 6.59. The van der Waals surface area contributed by atoms with Gasteiger partial charge < -0.3 is 25.7 Å². The van der Waals surface area contributed by atoms with E-state index in [1.54, 1.807) is 10.8 Å². The zero-order chi connectivity index (χ0) is 26.6. The van der Waals surface area contributed by atoms with Gasteiger partial charge in [-0.25, -0.2) is 14.3 Å². The first-order chi connectivity index (χ1) is 18.5. The van der Waals surface area contributed by atoms with Gasteiger partial charge >= 0.3 is 0 Å². The zero-order valence-corrected chi connectivity index (χ0v) is 21.5. The van der Waals surface area contributed by atoms with Crippen molar-refractivity contribution in [3.63, 3.8) is 0 Å². The van der Waals surface area contributed by atoms with Crippen LogP contribution in [0.4, 0.5) is 17.3 Å². The average Bonchev–Trinajstić information content (AvgIpc) is 3.20. The van der Waals surface area contributed by atoms with Crippen LogP contribution < -0.4 is 20.9 Å². The third-order valence-electron chi connectivity index (χ3n) is 6.59. The molecular weight excluding hydrogens is 482 g/mol. The molecule has 11 nitrogen and oxygen atoms in total. The molecule has 3 N–H and O–H groups in total. The summed E-state index contributed by atoms with van der Waals surface area (Å²) >= 11 is 0. The molecule has 38 heavy (non-hydrogen) atoms. The van der Waals surface area contributed by atoms with Crippen LogP contribution in [0, 0.1) is 5.41 Å². The maximum Gasteiger partial charge on any atom is 0.278 e. The molecule has 0 bridgehead atoms. The summed E-state index contributed by atoms with van der Waals surface area (Å²) in [5.74, 6) is 1.33. The largest absolute Gasteiger partial charge is 0.474 e. The number of fused-ring (bicyclic) bond motifs is 1. The summed E-state index contributed by atoms with van der Waals surface area (Å²) in [5.41, 5.74) is 2.45. The minimum atomic E-state index is -0.237. The number of piperidine rings is 1. The Morgan fingerprint density at radius 1 is 1.21 bits per heavy atom. The molecule has 1 aliphatic heterocycles. The Kier molecular flexibility index (Phi) is 7.18. The maximum atomic E-state index is 13.3. The molecule has 1 aliphatic rings. The van der Waals surface area contributed by atoms with Crippen molar-refractivity contribution in [2.75, 3.05) is 37.8 Å². The summed E-state index contributed by atoms with van der Waals surface area (Å²) in [6.07, 6.45) is 6.43. The van der Waals surface area contributed by atoms with Crippen LogP contribution in [0.2, 0.25) is 0 Å². The molecular formula is C27H31N9O2. The second-order valence-corrected chi connectivity index (χ2v) is 9.19. The highest BCUT2D eigenvalue weighted by Gasteiger charge is 2.21. The number of aromatic nitrogens is 5. The Morgan fingerprint density at radius 3 is 2.76 bits per heavy atom. The Bertz CT molecular complexity index is 1530. The van der Waals surface area contributed by atoms with Crippen LogP contribution in [0.1, 0.15) is 18.4 Å². The summed E-state index contributed by atoms with van der Waals surface area (Å²) in [6.45, 7) is 6.05. The SMILES string of the molecule is C=CCn1c(=O)c2cnc(Nc3ccc(NC)c(C=N)c3)nc2n1-c1cccc(OC2CCN(C)CC2)n1. The first kappa shape index (κ1) is 25.2. The minimum Gasteiger partial charge on any atom is -0.474 e. The lowest BCUT2D eigenvalue weighted by atomic mass is 10.1. The smallest absolute Gasteiger partial charge is 0.278 e. The Labute approximate surface area is 220 Å². The van der Waals surface area contributed by atoms with E-state index in [4.69, 9.17) is 15.1 Å². The van der Waals surface area contributed by atoms with Crippen molar-refractivity contribution in [1.82, 2.24) is 29.2 Å². The number of pyridine rings is 1. The van der Waals surface area contributed by atoms with Gasteiger partial charge in [-0.15, -0.1) is 6.58 Å². The van der Waals surface area contributed by atoms with Crippen LogP contribution in [0.5, 0.6) is 5.88 Å². The van der Waals surface area contributed by atoms with Gasteiger partial charge in [0.15, 0.2) is 11.5 Å². The molecule has 5 rings (SSSR count). The van der Waals surface area contributed by atoms with E-state index in [1.807, 2.05) is 43.4 Å². The predicted molar refractivity (Wildman–Crippen MR) is 149 cm³/mol. The van der Waals surface area contributed by atoms with Crippen molar-refractivity contribution in [3.05, 3.63) is 71.2 Å². The van der Waals surface area contributed by atoms with Gasteiger partial charge in [-0.2, -0.15) is 9.97 Å². The van der Waals surface area contributed by atoms with E-state index >= 15 is 0 Å². The van der Waals surface area contributed by atoms with Gasteiger partial charge in [-0.1, -0.05) is 12.1 Å². The first-order valence-electron chi connectivity index (χ1n) is 12.5. The van der Waals surface area contributed by atoms with E-state index in [0.29, 0.717) is 34.4 Å². The number of nitrogens with zero attached hydrogens (tertiary/aromatic N) is 6. The quantitative estimate of drug-likeness (QED) is 0.230. The van der Waals surface area contributed by atoms with Crippen molar-refractivity contribution in [3.8, 4) is 11.7 Å². The van der Waals surface area contributed by atoms with Gasteiger partial charge in [0.05, 0.1) is 6.54 Å². The minimum absolute atomic E-state index is 0.101. The lowest BCUT2D eigenvalue weighted by Crippen LogP contribution is -2.35. The lowest BCUT2D eigenvalue weighted by molar-refractivity contribution is 0.110. The summed E-state index contributed by atoms with van der Waals surface area (Å²) in [6, 6.07) is 11.1. The molecule has 11 heteroatoms. The van der Waals surface area contributed by atoms with Gasteiger partial charge in [0.25, 0.3) is 5.56 Å². The van der Waals surface area contributed by atoms with Gasteiger partial charge in [-0.05, 0) is 44.2 Å². The van der Waals surface area contributed by atoms with E-state index in [-0.39, 0.29) is 18.2 Å². The van der Waals surface area contributed by atoms with Crippen LogP contribution in [-0.4, -0.2) is 68.7 Å². The van der Waals surface area contributed by atoms with E-state index in [0.717, 1.165) is 37.2 Å². The number of anilines is 3. The summed E-state index contributed by atoms with van der Waals surface area (Å²) in [4.78, 5) is 29.4. The normalized spacial score (nSPS) is 14.4. The first-order valence-corrected chi connectivity index (χ1v) is 12.5. The molecule has 1 fully saturated rings. The number of hydrogen-bond donors (Lipinski definition) is 3. The highest BCUT2D eigenvalue weighted by atomic mass is 16.5. The second-order valence-electron chi connectivity index (χ2n) is 9.19. The van der Waals surface area contributed by atoms with Gasteiger partial charge in [-0.3, -0.25) is 4.79 Å². The maximum absolute atomic E-state index is 13.3. The number of hydrogen-bond acceptors (Lipinski definition) is 9. The van der Waals surface area contributed by atoms with E-state index in [9.17, 15) is 4.79 Å². The summed E-state index contributed by atoms with van der Waals surface area (Å²) in [7, 11) is 3.92. The van der Waals surface area contributed by atoms with Crippen molar-refractivity contribution in [2.45, 2.75) is 25.5 Å². The molecule has 1 saturated heterocycles.